The average molecular weight is 364 g/mol. The lowest BCUT2D eigenvalue weighted by Gasteiger charge is -2.10. The number of aryl methyl sites for hydroxylation is 1. The number of ether oxygens (including phenoxy) is 1. The van der Waals surface area contributed by atoms with E-state index < -0.39 is 0 Å². The van der Waals surface area contributed by atoms with Crippen molar-refractivity contribution in [3.05, 3.63) is 70.0 Å². The Morgan fingerprint density at radius 1 is 1.11 bits per heavy atom. The van der Waals surface area contributed by atoms with Crippen LogP contribution in [0.4, 0.5) is 5.69 Å². The van der Waals surface area contributed by atoms with Gasteiger partial charge in [-0.3, -0.25) is 9.59 Å². The molecule has 3 aromatic rings. The highest BCUT2D eigenvalue weighted by atomic mass is 16.5. The molecule has 0 bridgehead atoms. The summed E-state index contributed by atoms with van der Waals surface area (Å²) in [6.07, 6.45) is 0.773. The Kier molecular flexibility index (Phi) is 5.60. The van der Waals surface area contributed by atoms with Crippen molar-refractivity contribution in [3.8, 4) is 5.75 Å². The molecule has 1 aromatic heterocycles. The van der Waals surface area contributed by atoms with Crippen molar-refractivity contribution in [2.45, 2.75) is 33.1 Å². The normalized spacial score (nSPS) is 11.0. The van der Waals surface area contributed by atoms with Gasteiger partial charge >= 0.3 is 0 Å². The predicted octanol–water partition coefficient (Wildman–Crippen LogP) is 4.23. The molecule has 5 nitrogen and oxygen atoms in total. The number of aromatic amines is 1. The van der Waals surface area contributed by atoms with Crippen molar-refractivity contribution in [3.63, 3.8) is 0 Å². The topological polar surface area (TPSA) is 71.2 Å². The number of nitrogens with one attached hydrogen (secondary N) is 2. The van der Waals surface area contributed by atoms with E-state index in [2.05, 4.69) is 24.1 Å². The Morgan fingerprint density at radius 3 is 2.52 bits per heavy atom. The number of hydrogen-bond acceptors (Lipinski definition) is 3. The summed E-state index contributed by atoms with van der Waals surface area (Å²) in [4.78, 5) is 26.8. The molecule has 2 N–H and O–H groups in total. The molecule has 3 rings (SSSR count). The zero-order valence-corrected chi connectivity index (χ0v) is 15.8. The molecule has 0 aliphatic heterocycles. The van der Waals surface area contributed by atoms with Crippen LogP contribution in [0.1, 0.15) is 37.8 Å². The van der Waals surface area contributed by atoms with Crippen LogP contribution in [-0.4, -0.2) is 17.5 Å². The summed E-state index contributed by atoms with van der Waals surface area (Å²) < 4.78 is 5.55. The van der Waals surface area contributed by atoms with Crippen LogP contribution in [0.15, 0.2) is 53.3 Å². The minimum atomic E-state index is -0.253. The highest BCUT2D eigenvalue weighted by Gasteiger charge is 2.07. The summed E-state index contributed by atoms with van der Waals surface area (Å²) in [5.41, 5.74) is 3.40. The lowest BCUT2D eigenvalue weighted by Crippen LogP contribution is -2.20. The zero-order chi connectivity index (χ0) is 19.4. The second kappa shape index (κ2) is 8.08. The molecule has 0 fully saturated rings. The number of fused-ring (bicyclic) bond motifs is 1. The van der Waals surface area contributed by atoms with Gasteiger partial charge in [-0.05, 0) is 47.7 Å². The van der Waals surface area contributed by atoms with Gasteiger partial charge in [0.25, 0.3) is 5.91 Å². The van der Waals surface area contributed by atoms with E-state index in [4.69, 9.17) is 4.74 Å². The third-order valence-electron chi connectivity index (χ3n) is 4.51. The maximum Gasteiger partial charge on any atom is 0.262 e. The second-order valence-electron chi connectivity index (χ2n) is 6.83. The quantitative estimate of drug-likeness (QED) is 0.687. The van der Waals surface area contributed by atoms with Crippen LogP contribution in [-0.2, 0) is 11.2 Å². The van der Waals surface area contributed by atoms with Gasteiger partial charge in [-0.15, -0.1) is 0 Å². The lowest BCUT2D eigenvalue weighted by atomic mass is 10.0. The molecular formula is C22H24N2O3. The molecule has 27 heavy (non-hydrogen) atoms. The van der Waals surface area contributed by atoms with E-state index in [-0.39, 0.29) is 18.1 Å². The molecule has 0 unspecified atom stereocenters. The Labute approximate surface area is 158 Å². The van der Waals surface area contributed by atoms with E-state index in [0.717, 1.165) is 17.4 Å². The van der Waals surface area contributed by atoms with Crippen LogP contribution in [0.2, 0.25) is 0 Å². The Hall–Kier alpha value is -3.08. The first-order chi connectivity index (χ1) is 13.0. The molecule has 0 saturated carbocycles. The summed E-state index contributed by atoms with van der Waals surface area (Å²) in [6, 6.07) is 14.9. The molecule has 0 radical (unpaired) electrons. The van der Waals surface area contributed by atoms with Gasteiger partial charge in [0.15, 0.2) is 6.61 Å². The molecule has 140 valence electrons. The van der Waals surface area contributed by atoms with Gasteiger partial charge in [0.1, 0.15) is 5.75 Å². The van der Waals surface area contributed by atoms with Gasteiger partial charge in [-0.1, -0.05) is 39.0 Å². The summed E-state index contributed by atoms with van der Waals surface area (Å²) >= 11 is 0. The number of amides is 1. The van der Waals surface area contributed by atoms with Gasteiger partial charge in [-0.2, -0.15) is 0 Å². The van der Waals surface area contributed by atoms with Crippen molar-refractivity contribution < 1.29 is 9.53 Å². The lowest BCUT2D eigenvalue weighted by molar-refractivity contribution is -0.118. The minimum Gasteiger partial charge on any atom is -0.484 e. The van der Waals surface area contributed by atoms with Crippen LogP contribution in [0, 0.1) is 0 Å². The number of anilines is 1. The molecule has 0 aliphatic carbocycles. The second-order valence-corrected chi connectivity index (χ2v) is 6.83. The number of rotatable bonds is 6. The van der Waals surface area contributed by atoms with Gasteiger partial charge in [0.2, 0.25) is 5.56 Å². The molecule has 2 aromatic carbocycles. The number of carbonyl (C=O) groups excluding carboxylic acids is 1. The molecule has 0 atom stereocenters. The SMILES string of the molecule is CCc1cc(=O)[nH]c2cc(NC(=O)COc3ccc(C(C)C)cc3)ccc12. The maximum atomic E-state index is 12.2. The van der Waals surface area contributed by atoms with Crippen molar-refractivity contribution in [1.82, 2.24) is 4.98 Å². The molecule has 0 aliphatic rings. The molecule has 5 heteroatoms. The number of H-pyrrole nitrogens is 1. The van der Waals surface area contributed by atoms with Crippen LogP contribution >= 0.6 is 0 Å². The van der Waals surface area contributed by atoms with E-state index in [9.17, 15) is 9.59 Å². The highest BCUT2D eigenvalue weighted by Crippen LogP contribution is 2.21. The summed E-state index contributed by atoms with van der Waals surface area (Å²) in [6.45, 7) is 6.19. The van der Waals surface area contributed by atoms with Gasteiger partial charge in [-0.25, -0.2) is 0 Å². The summed E-state index contributed by atoms with van der Waals surface area (Å²) in [5.74, 6) is 0.858. The molecule has 1 heterocycles. The van der Waals surface area contributed by atoms with Crippen LogP contribution in [0.3, 0.4) is 0 Å². The Morgan fingerprint density at radius 2 is 1.85 bits per heavy atom. The number of carbonyl (C=O) groups is 1. The Bertz CT molecular complexity index is 1000. The van der Waals surface area contributed by atoms with Gasteiger partial charge in [0, 0.05) is 17.1 Å². The maximum absolute atomic E-state index is 12.2. The third kappa shape index (κ3) is 4.56. The first kappa shape index (κ1) is 18.7. The minimum absolute atomic E-state index is 0.0788. The third-order valence-corrected chi connectivity index (χ3v) is 4.51. The summed E-state index contributed by atoms with van der Waals surface area (Å²) in [5, 5.41) is 3.79. The molecule has 0 spiro atoms. The van der Waals surface area contributed by atoms with Gasteiger partial charge in [0.05, 0.1) is 5.52 Å². The molecule has 1 amide bonds. The fourth-order valence-corrected chi connectivity index (χ4v) is 3.00. The van der Waals surface area contributed by atoms with Crippen LogP contribution in [0.5, 0.6) is 5.75 Å². The van der Waals surface area contributed by atoms with E-state index in [1.807, 2.05) is 43.3 Å². The predicted molar refractivity (Wildman–Crippen MR) is 109 cm³/mol. The van der Waals surface area contributed by atoms with E-state index in [1.54, 1.807) is 12.1 Å². The fraction of sp³-hybridized carbons (Fsp3) is 0.273. The molecular weight excluding hydrogens is 340 g/mol. The van der Waals surface area contributed by atoms with Crippen molar-refractivity contribution >= 4 is 22.5 Å². The first-order valence-electron chi connectivity index (χ1n) is 9.15. The average Bonchev–Trinajstić information content (AvgIpc) is 2.65. The fourth-order valence-electron chi connectivity index (χ4n) is 3.00. The van der Waals surface area contributed by atoms with Crippen LogP contribution in [0.25, 0.3) is 10.9 Å². The zero-order valence-electron chi connectivity index (χ0n) is 15.8. The largest absolute Gasteiger partial charge is 0.484 e. The Balaban J connectivity index is 1.66. The van der Waals surface area contributed by atoms with Gasteiger partial charge < -0.3 is 15.0 Å². The number of benzene rings is 2. The number of aromatic nitrogens is 1. The molecule has 0 saturated heterocycles. The van der Waals surface area contributed by atoms with E-state index in [0.29, 0.717) is 22.9 Å². The standard InChI is InChI=1S/C22H24N2O3/c1-4-15-11-21(25)24-20-12-17(7-10-19(15)20)23-22(26)13-27-18-8-5-16(6-9-18)14(2)3/h5-12,14H,4,13H2,1-3H3,(H,23,26)(H,24,25). The summed E-state index contributed by atoms with van der Waals surface area (Å²) in [7, 11) is 0. The first-order valence-corrected chi connectivity index (χ1v) is 9.15. The monoisotopic (exact) mass is 364 g/mol. The highest BCUT2D eigenvalue weighted by molar-refractivity contribution is 5.94. The van der Waals surface area contributed by atoms with E-state index in [1.165, 1.54) is 5.56 Å². The number of pyridine rings is 1. The smallest absolute Gasteiger partial charge is 0.262 e. The van der Waals surface area contributed by atoms with Crippen molar-refractivity contribution in [2.24, 2.45) is 0 Å². The van der Waals surface area contributed by atoms with Crippen molar-refractivity contribution in [2.75, 3.05) is 11.9 Å². The van der Waals surface area contributed by atoms with Crippen LogP contribution < -0.4 is 15.6 Å². The van der Waals surface area contributed by atoms with E-state index >= 15 is 0 Å². The van der Waals surface area contributed by atoms with Crippen molar-refractivity contribution in [1.29, 1.82) is 0 Å². The number of hydrogen-bond donors (Lipinski definition) is 2.